The van der Waals surface area contributed by atoms with E-state index >= 15 is 0 Å². The first-order chi connectivity index (χ1) is 15.3. The molecule has 0 bridgehead atoms. The van der Waals surface area contributed by atoms with Gasteiger partial charge in [0.2, 0.25) is 5.78 Å². The zero-order valence-electron chi connectivity index (χ0n) is 18.6. The molecule has 1 aromatic carbocycles. The first-order valence-electron chi connectivity index (χ1n) is 10.6. The number of ether oxygens (including phenoxy) is 1. The van der Waals surface area contributed by atoms with Gasteiger partial charge in [0.25, 0.3) is 5.91 Å². The summed E-state index contributed by atoms with van der Waals surface area (Å²) < 4.78 is 7.31. The predicted octanol–water partition coefficient (Wildman–Crippen LogP) is 4.34. The van der Waals surface area contributed by atoms with E-state index in [2.05, 4.69) is 21.3 Å². The molecule has 2 aromatic heterocycles. The van der Waals surface area contributed by atoms with Crippen molar-refractivity contribution >= 4 is 29.0 Å². The Bertz CT molecular complexity index is 1070. The zero-order valence-corrected chi connectivity index (χ0v) is 19.4. The largest absolute Gasteiger partial charge is 0.457 e. The Labute approximate surface area is 192 Å². The standard InChI is InChI=1S/C25H28N2O4S/c1-17(26-25(30)20-8-5-4-6-9-20)14-24(29)31-16-23(28)22-15-18(2)27(19(22)3)12-11-21-10-7-13-32-21/h4-10,13,15,17H,11-12,14,16H2,1-3H3,(H,26,30). The SMILES string of the molecule is Cc1cc(C(=O)COC(=O)CC(C)NC(=O)c2ccccc2)c(C)n1CCc1cccs1. The third-order valence-electron chi connectivity index (χ3n) is 5.29. The monoisotopic (exact) mass is 452 g/mol. The number of esters is 1. The van der Waals surface area contributed by atoms with Crippen LogP contribution in [-0.4, -0.2) is 34.9 Å². The summed E-state index contributed by atoms with van der Waals surface area (Å²) in [4.78, 5) is 38.3. The van der Waals surface area contributed by atoms with Crippen LogP contribution in [0.4, 0.5) is 0 Å². The highest BCUT2D eigenvalue weighted by molar-refractivity contribution is 7.09. The summed E-state index contributed by atoms with van der Waals surface area (Å²) in [6.07, 6.45) is 0.898. The van der Waals surface area contributed by atoms with E-state index in [1.807, 2.05) is 32.0 Å². The molecule has 0 aliphatic heterocycles. The van der Waals surface area contributed by atoms with E-state index in [0.29, 0.717) is 11.1 Å². The number of nitrogens with zero attached hydrogens (tertiary/aromatic N) is 1. The molecule has 0 fully saturated rings. The van der Waals surface area contributed by atoms with Crippen LogP contribution >= 0.6 is 11.3 Å². The number of nitrogens with one attached hydrogen (secondary N) is 1. The lowest BCUT2D eigenvalue weighted by Crippen LogP contribution is -2.34. The quantitative estimate of drug-likeness (QED) is 0.367. The van der Waals surface area contributed by atoms with E-state index in [9.17, 15) is 14.4 Å². The van der Waals surface area contributed by atoms with Crippen LogP contribution in [0.15, 0.2) is 53.9 Å². The molecular weight excluding hydrogens is 424 g/mol. The number of hydrogen-bond donors (Lipinski definition) is 1. The molecule has 32 heavy (non-hydrogen) atoms. The van der Waals surface area contributed by atoms with Crippen molar-refractivity contribution in [2.45, 2.75) is 46.2 Å². The molecule has 0 aliphatic carbocycles. The number of thiophene rings is 1. The van der Waals surface area contributed by atoms with Crippen LogP contribution in [0, 0.1) is 13.8 Å². The van der Waals surface area contributed by atoms with Gasteiger partial charge in [-0.3, -0.25) is 14.4 Å². The minimum atomic E-state index is -0.522. The molecule has 1 atom stereocenters. The Balaban J connectivity index is 1.49. The first kappa shape index (κ1) is 23.5. The van der Waals surface area contributed by atoms with Gasteiger partial charge in [-0.05, 0) is 56.8 Å². The lowest BCUT2D eigenvalue weighted by molar-refractivity contribution is -0.142. The molecule has 0 saturated carbocycles. The number of hydrogen-bond acceptors (Lipinski definition) is 5. The van der Waals surface area contributed by atoms with Crippen LogP contribution in [0.3, 0.4) is 0 Å². The summed E-state index contributed by atoms with van der Waals surface area (Å²) in [5.74, 6) is -1.00. The van der Waals surface area contributed by atoms with Crippen molar-refractivity contribution in [3.05, 3.63) is 81.3 Å². The van der Waals surface area contributed by atoms with Crippen molar-refractivity contribution in [2.24, 2.45) is 0 Å². The van der Waals surface area contributed by atoms with Gasteiger partial charge in [-0.2, -0.15) is 0 Å². The van der Waals surface area contributed by atoms with Crippen LogP contribution in [0.2, 0.25) is 0 Å². The van der Waals surface area contributed by atoms with Gasteiger partial charge < -0.3 is 14.6 Å². The predicted molar refractivity (Wildman–Crippen MR) is 125 cm³/mol. The molecule has 1 N–H and O–H groups in total. The third-order valence-corrected chi connectivity index (χ3v) is 6.22. The molecule has 0 spiro atoms. The Kier molecular flexibility index (Phi) is 8.00. The Morgan fingerprint density at radius 3 is 2.53 bits per heavy atom. The van der Waals surface area contributed by atoms with E-state index in [0.717, 1.165) is 24.4 Å². The number of aromatic nitrogens is 1. The second kappa shape index (κ2) is 10.9. The Hall–Kier alpha value is -3.19. The second-order valence-electron chi connectivity index (χ2n) is 7.79. The maximum Gasteiger partial charge on any atom is 0.308 e. The van der Waals surface area contributed by atoms with Crippen LogP contribution in [0.5, 0.6) is 0 Å². The topological polar surface area (TPSA) is 77.4 Å². The van der Waals surface area contributed by atoms with Crippen molar-refractivity contribution in [1.82, 2.24) is 9.88 Å². The van der Waals surface area contributed by atoms with E-state index in [-0.39, 0.29) is 24.7 Å². The number of ketones is 1. The molecule has 168 valence electrons. The Morgan fingerprint density at radius 2 is 1.84 bits per heavy atom. The lowest BCUT2D eigenvalue weighted by Gasteiger charge is -2.13. The highest BCUT2D eigenvalue weighted by Crippen LogP contribution is 2.18. The Morgan fingerprint density at radius 1 is 1.09 bits per heavy atom. The number of rotatable bonds is 10. The van der Waals surface area contributed by atoms with Gasteiger partial charge in [0.15, 0.2) is 6.61 Å². The second-order valence-corrected chi connectivity index (χ2v) is 8.83. The number of carbonyl (C=O) groups excluding carboxylic acids is 3. The molecule has 1 amide bonds. The molecule has 3 rings (SSSR count). The van der Waals surface area contributed by atoms with Gasteiger partial charge in [-0.25, -0.2) is 0 Å². The maximum atomic E-state index is 12.7. The summed E-state index contributed by atoms with van der Waals surface area (Å²) in [7, 11) is 0. The molecule has 6 nitrogen and oxygen atoms in total. The smallest absolute Gasteiger partial charge is 0.308 e. The molecule has 7 heteroatoms. The summed E-state index contributed by atoms with van der Waals surface area (Å²) >= 11 is 1.72. The van der Waals surface area contributed by atoms with E-state index < -0.39 is 12.0 Å². The highest BCUT2D eigenvalue weighted by atomic mass is 32.1. The number of benzene rings is 1. The lowest BCUT2D eigenvalue weighted by atomic mass is 10.1. The van der Waals surface area contributed by atoms with E-state index in [1.165, 1.54) is 4.88 Å². The number of aryl methyl sites for hydroxylation is 2. The molecular formula is C25H28N2O4S. The summed E-state index contributed by atoms with van der Waals surface area (Å²) in [6, 6.07) is 14.4. The molecule has 1 unspecified atom stereocenters. The van der Waals surface area contributed by atoms with Crippen LogP contribution in [0.1, 0.15) is 50.3 Å². The fourth-order valence-corrected chi connectivity index (χ4v) is 4.28. The van der Waals surface area contributed by atoms with Crippen molar-refractivity contribution < 1.29 is 19.1 Å². The van der Waals surface area contributed by atoms with Gasteiger partial charge in [-0.1, -0.05) is 24.3 Å². The normalized spacial score (nSPS) is 11.7. The van der Waals surface area contributed by atoms with Gasteiger partial charge in [0.1, 0.15) is 0 Å². The number of Topliss-reactive ketones (excluding diaryl/α,β-unsaturated/α-hetero) is 1. The van der Waals surface area contributed by atoms with Crippen LogP contribution in [0.25, 0.3) is 0 Å². The molecule has 3 aromatic rings. The number of amides is 1. The summed E-state index contributed by atoms with van der Waals surface area (Å²) in [5, 5.41) is 4.82. The van der Waals surface area contributed by atoms with Crippen LogP contribution in [-0.2, 0) is 22.5 Å². The van der Waals surface area contributed by atoms with E-state index in [4.69, 9.17) is 4.74 Å². The van der Waals surface area contributed by atoms with Crippen molar-refractivity contribution in [2.75, 3.05) is 6.61 Å². The van der Waals surface area contributed by atoms with Crippen molar-refractivity contribution in [1.29, 1.82) is 0 Å². The number of carbonyl (C=O) groups is 3. The van der Waals surface area contributed by atoms with Gasteiger partial charge in [0, 0.05) is 40.0 Å². The molecule has 0 aliphatic rings. The minimum Gasteiger partial charge on any atom is -0.457 e. The van der Waals surface area contributed by atoms with E-state index in [1.54, 1.807) is 42.5 Å². The van der Waals surface area contributed by atoms with Crippen LogP contribution < -0.4 is 5.32 Å². The van der Waals surface area contributed by atoms with Gasteiger partial charge in [-0.15, -0.1) is 11.3 Å². The zero-order chi connectivity index (χ0) is 23.1. The third kappa shape index (κ3) is 6.17. The molecule has 0 saturated heterocycles. The average Bonchev–Trinajstić information content (AvgIpc) is 3.39. The summed E-state index contributed by atoms with van der Waals surface area (Å²) in [5.41, 5.74) is 2.99. The maximum absolute atomic E-state index is 12.7. The molecule has 2 heterocycles. The fraction of sp³-hybridized carbons (Fsp3) is 0.320. The van der Waals surface area contributed by atoms with Crippen molar-refractivity contribution in [3.63, 3.8) is 0 Å². The first-order valence-corrected chi connectivity index (χ1v) is 11.5. The van der Waals surface area contributed by atoms with Gasteiger partial charge in [0.05, 0.1) is 6.42 Å². The van der Waals surface area contributed by atoms with Crippen molar-refractivity contribution in [3.8, 4) is 0 Å². The minimum absolute atomic E-state index is 0.00824. The molecule has 0 radical (unpaired) electrons. The highest BCUT2D eigenvalue weighted by Gasteiger charge is 2.19. The average molecular weight is 453 g/mol. The fourth-order valence-electron chi connectivity index (χ4n) is 3.58. The van der Waals surface area contributed by atoms with Gasteiger partial charge >= 0.3 is 5.97 Å². The summed E-state index contributed by atoms with van der Waals surface area (Å²) in [6.45, 7) is 6.10.